The van der Waals surface area contributed by atoms with Gasteiger partial charge in [-0.05, 0) is 0 Å². The van der Waals surface area contributed by atoms with Crippen molar-refractivity contribution in [1.29, 1.82) is 0 Å². The molecule has 3 saturated heterocycles. The van der Waals surface area contributed by atoms with Gasteiger partial charge in [-0.15, -0.1) is 0 Å². The molecule has 0 unspecified atom stereocenters. The first kappa shape index (κ1) is 7.55. The van der Waals surface area contributed by atoms with Crippen LogP contribution in [0.15, 0.2) is 0 Å². The normalized spacial score (nSPS) is 27.8. The van der Waals surface area contributed by atoms with Gasteiger partial charge < -0.3 is 14.0 Å². The van der Waals surface area contributed by atoms with E-state index in [1.807, 2.05) is 0 Å². The molecular weight excluding hydrogens is 145 g/mol. The van der Waals surface area contributed by atoms with Gasteiger partial charge in [0.2, 0.25) is 0 Å². The van der Waals surface area contributed by atoms with Crippen molar-refractivity contribution in [2.24, 2.45) is 0 Å². The van der Waals surface area contributed by atoms with Crippen LogP contribution in [0.2, 0.25) is 0 Å². The molecule has 3 aliphatic rings. The Morgan fingerprint density at radius 2 is 1.82 bits per heavy atom. The zero-order valence-corrected chi connectivity index (χ0v) is 6.49. The van der Waals surface area contributed by atoms with Crippen molar-refractivity contribution in [2.45, 2.75) is 0 Å². The molecule has 3 fully saturated rings. The van der Waals surface area contributed by atoms with Gasteiger partial charge in [-0.3, -0.25) is 4.90 Å². The number of fused-ring (bicyclic) bond motifs is 6. The Balaban J connectivity index is 1.96. The van der Waals surface area contributed by atoms with Crippen molar-refractivity contribution in [3.8, 4) is 0 Å². The Labute approximate surface area is 66.5 Å². The van der Waals surface area contributed by atoms with Crippen LogP contribution in [0.3, 0.4) is 0 Å². The van der Waals surface area contributed by atoms with Gasteiger partial charge >= 0.3 is 7.12 Å². The SMILES string of the molecule is C1CN2CCOB(COC2)O1. The van der Waals surface area contributed by atoms with Crippen LogP contribution in [0, 0.1) is 0 Å². The van der Waals surface area contributed by atoms with Crippen LogP contribution < -0.4 is 0 Å². The second-order valence-corrected chi connectivity index (χ2v) is 2.79. The van der Waals surface area contributed by atoms with E-state index in [0.29, 0.717) is 6.51 Å². The van der Waals surface area contributed by atoms with Gasteiger partial charge in [0.1, 0.15) is 0 Å². The summed E-state index contributed by atoms with van der Waals surface area (Å²) in [6, 6.07) is 0. The Hall–Kier alpha value is -0.0951. The lowest BCUT2D eigenvalue weighted by Gasteiger charge is -2.30. The number of ether oxygens (including phenoxy) is 1. The molecule has 0 aromatic heterocycles. The largest absolute Gasteiger partial charge is 0.484 e. The van der Waals surface area contributed by atoms with E-state index >= 15 is 0 Å². The molecule has 0 aromatic carbocycles. The summed E-state index contributed by atoms with van der Waals surface area (Å²) in [4.78, 5) is 2.19. The van der Waals surface area contributed by atoms with E-state index in [2.05, 4.69) is 4.90 Å². The molecule has 0 saturated carbocycles. The Kier molecular flexibility index (Phi) is 2.43. The van der Waals surface area contributed by atoms with Crippen LogP contribution in [-0.4, -0.2) is 51.6 Å². The molecule has 0 N–H and O–H groups in total. The van der Waals surface area contributed by atoms with E-state index in [9.17, 15) is 0 Å². The van der Waals surface area contributed by atoms with Crippen molar-refractivity contribution >= 4 is 7.12 Å². The lowest BCUT2D eigenvalue weighted by Crippen LogP contribution is -2.45. The van der Waals surface area contributed by atoms with Gasteiger partial charge in [0.15, 0.2) is 0 Å². The maximum absolute atomic E-state index is 5.36. The van der Waals surface area contributed by atoms with Crippen LogP contribution in [0.4, 0.5) is 0 Å². The molecule has 11 heavy (non-hydrogen) atoms. The van der Waals surface area contributed by atoms with Crippen LogP contribution in [0.1, 0.15) is 0 Å². The first-order chi connectivity index (χ1) is 5.45. The highest BCUT2D eigenvalue weighted by molar-refractivity contribution is 6.44. The number of rotatable bonds is 0. The van der Waals surface area contributed by atoms with Gasteiger partial charge in [-0.2, -0.15) is 0 Å². The number of hydrogen-bond acceptors (Lipinski definition) is 4. The van der Waals surface area contributed by atoms with Crippen LogP contribution in [-0.2, 0) is 14.0 Å². The third-order valence-electron chi connectivity index (χ3n) is 1.95. The number of nitrogens with zero attached hydrogens (tertiary/aromatic N) is 1. The van der Waals surface area contributed by atoms with Crippen LogP contribution in [0.5, 0.6) is 0 Å². The van der Waals surface area contributed by atoms with Gasteiger partial charge in [0, 0.05) is 26.3 Å². The molecule has 0 aliphatic carbocycles. The van der Waals surface area contributed by atoms with Crippen molar-refractivity contribution in [3.05, 3.63) is 0 Å². The van der Waals surface area contributed by atoms with Crippen molar-refractivity contribution in [3.63, 3.8) is 0 Å². The highest BCUT2D eigenvalue weighted by Crippen LogP contribution is 2.03. The Bertz CT molecular complexity index is 99.2. The second kappa shape index (κ2) is 3.54. The molecule has 4 nitrogen and oxygen atoms in total. The number of hydrogen-bond donors (Lipinski definition) is 0. The molecule has 0 amide bonds. The first-order valence-electron chi connectivity index (χ1n) is 3.98. The lowest BCUT2D eigenvalue weighted by atomic mass is 9.92. The summed E-state index contributed by atoms with van der Waals surface area (Å²) in [5.41, 5.74) is 0. The van der Waals surface area contributed by atoms with Gasteiger partial charge in [0.25, 0.3) is 0 Å². The maximum Gasteiger partial charge on any atom is 0.484 e. The molecule has 3 aliphatic heterocycles. The zero-order chi connectivity index (χ0) is 7.52. The summed E-state index contributed by atoms with van der Waals surface area (Å²) in [5, 5.41) is 0. The molecule has 62 valence electrons. The smallest absolute Gasteiger partial charge is 0.408 e. The molecule has 5 heteroatoms. The fourth-order valence-corrected chi connectivity index (χ4v) is 1.29. The summed E-state index contributed by atoms with van der Waals surface area (Å²) in [7, 11) is -0.127. The molecule has 0 spiro atoms. The summed E-state index contributed by atoms with van der Waals surface area (Å²) in [6.45, 7) is 4.72. The van der Waals surface area contributed by atoms with E-state index in [4.69, 9.17) is 14.0 Å². The monoisotopic (exact) mass is 157 g/mol. The predicted octanol–water partition coefficient (Wildman–Crippen LogP) is -0.650. The average Bonchev–Trinajstić information content (AvgIpc) is 1.80. The first-order valence-corrected chi connectivity index (χ1v) is 3.98. The van der Waals surface area contributed by atoms with E-state index < -0.39 is 0 Å². The average molecular weight is 157 g/mol. The summed E-state index contributed by atoms with van der Waals surface area (Å²) < 4.78 is 16.0. The highest BCUT2D eigenvalue weighted by Gasteiger charge is 2.25. The lowest BCUT2D eigenvalue weighted by molar-refractivity contribution is -0.0204. The van der Waals surface area contributed by atoms with E-state index in [1.165, 1.54) is 0 Å². The molecule has 0 radical (unpaired) electrons. The minimum absolute atomic E-state index is 0.127. The molecule has 0 aromatic rings. The highest BCUT2D eigenvalue weighted by atomic mass is 16.6. The molecule has 2 bridgehead atoms. The summed E-state index contributed by atoms with van der Waals surface area (Å²) in [5.74, 6) is 0. The standard InChI is InChI=1S/C6H12BNO3/c1-3-10-7-5-9-6-8(1)2-4-11-7/h1-6H2. The third kappa shape index (κ3) is 1.93. The Morgan fingerprint density at radius 1 is 1.09 bits per heavy atom. The second-order valence-electron chi connectivity index (χ2n) is 2.79. The van der Waals surface area contributed by atoms with Crippen molar-refractivity contribution in [1.82, 2.24) is 4.90 Å². The van der Waals surface area contributed by atoms with Crippen molar-refractivity contribution < 1.29 is 14.0 Å². The topological polar surface area (TPSA) is 30.9 Å². The molecular formula is C6H12BNO3. The quantitative estimate of drug-likeness (QED) is 0.437. The minimum atomic E-state index is -0.127. The fraction of sp³-hybridized carbons (Fsp3) is 1.00. The van der Waals surface area contributed by atoms with Crippen LogP contribution in [0.25, 0.3) is 0 Å². The van der Waals surface area contributed by atoms with E-state index in [-0.39, 0.29) is 7.12 Å². The van der Waals surface area contributed by atoms with Gasteiger partial charge in [-0.1, -0.05) is 0 Å². The van der Waals surface area contributed by atoms with Crippen LogP contribution >= 0.6 is 0 Å². The van der Waals surface area contributed by atoms with Gasteiger partial charge in [0.05, 0.1) is 13.2 Å². The maximum atomic E-state index is 5.36. The molecule has 3 heterocycles. The fourth-order valence-electron chi connectivity index (χ4n) is 1.29. The summed E-state index contributed by atoms with van der Waals surface area (Å²) in [6.07, 6.45) is 0. The molecule has 3 rings (SSSR count). The van der Waals surface area contributed by atoms with Gasteiger partial charge in [-0.25, -0.2) is 0 Å². The van der Waals surface area contributed by atoms with E-state index in [1.54, 1.807) is 0 Å². The Morgan fingerprint density at radius 3 is 2.55 bits per heavy atom. The minimum Gasteiger partial charge on any atom is -0.408 e. The van der Waals surface area contributed by atoms with E-state index in [0.717, 1.165) is 33.0 Å². The predicted molar refractivity (Wildman–Crippen MR) is 40.1 cm³/mol. The summed E-state index contributed by atoms with van der Waals surface area (Å²) >= 11 is 0. The molecule has 0 atom stereocenters. The zero-order valence-electron chi connectivity index (χ0n) is 6.49. The van der Waals surface area contributed by atoms with Crippen molar-refractivity contribution in [2.75, 3.05) is 39.5 Å². The third-order valence-corrected chi connectivity index (χ3v) is 1.95.